The average Bonchev–Trinajstić information content (AvgIpc) is 2.43. The molecule has 0 saturated carbocycles. The van der Waals surface area contributed by atoms with Crippen molar-refractivity contribution in [2.45, 2.75) is 20.8 Å². The summed E-state index contributed by atoms with van der Waals surface area (Å²) >= 11 is 0. The highest BCUT2D eigenvalue weighted by molar-refractivity contribution is 6.00. The maximum atomic E-state index is 12.0. The summed E-state index contributed by atoms with van der Waals surface area (Å²) in [6.07, 6.45) is 0. The van der Waals surface area contributed by atoms with Crippen LogP contribution in [-0.2, 0) is 23.9 Å². The lowest BCUT2D eigenvalue weighted by molar-refractivity contribution is -0.140. The molecule has 1 aromatic carbocycles. The van der Waals surface area contributed by atoms with E-state index in [2.05, 4.69) is 5.32 Å². The summed E-state index contributed by atoms with van der Waals surface area (Å²) in [6, 6.07) is 8.51. The predicted octanol–water partition coefficient (Wildman–Crippen LogP) is 1.62. The lowest BCUT2D eigenvalue weighted by Crippen LogP contribution is -2.28. The van der Waals surface area contributed by atoms with Gasteiger partial charge in [0.2, 0.25) is 5.91 Å². The van der Waals surface area contributed by atoms with Gasteiger partial charge in [0.05, 0.1) is 6.61 Å². The van der Waals surface area contributed by atoms with Gasteiger partial charge >= 0.3 is 11.9 Å². The zero-order chi connectivity index (χ0) is 15.8. The molecule has 1 N–H and O–H groups in total. The van der Waals surface area contributed by atoms with Gasteiger partial charge in [-0.2, -0.15) is 0 Å². The molecule has 0 aliphatic rings. The molecule has 0 fully saturated rings. The van der Waals surface area contributed by atoms with E-state index >= 15 is 0 Å². The molecule has 21 heavy (non-hydrogen) atoms. The highest BCUT2D eigenvalue weighted by Crippen LogP contribution is 2.20. The Bertz CT molecular complexity index is 563. The van der Waals surface area contributed by atoms with E-state index in [1.165, 1.54) is 13.8 Å². The van der Waals surface area contributed by atoms with Gasteiger partial charge in [-0.25, -0.2) is 4.79 Å². The monoisotopic (exact) mass is 291 g/mol. The van der Waals surface area contributed by atoms with Gasteiger partial charge in [-0.3, -0.25) is 9.59 Å². The largest absolute Gasteiger partial charge is 0.461 e. The van der Waals surface area contributed by atoms with Crippen molar-refractivity contribution < 1.29 is 23.9 Å². The van der Waals surface area contributed by atoms with E-state index in [-0.39, 0.29) is 18.1 Å². The second kappa shape index (κ2) is 7.84. The van der Waals surface area contributed by atoms with E-state index in [0.29, 0.717) is 5.56 Å². The Morgan fingerprint density at radius 2 is 1.71 bits per heavy atom. The van der Waals surface area contributed by atoms with E-state index in [4.69, 9.17) is 9.47 Å². The van der Waals surface area contributed by atoms with E-state index < -0.39 is 17.8 Å². The molecular weight excluding hydrogens is 274 g/mol. The highest BCUT2D eigenvalue weighted by Gasteiger charge is 2.22. The van der Waals surface area contributed by atoms with Crippen molar-refractivity contribution in [1.29, 1.82) is 0 Å². The number of amides is 1. The minimum Gasteiger partial charge on any atom is -0.461 e. The number of benzene rings is 1. The first-order valence-electron chi connectivity index (χ1n) is 6.38. The first-order chi connectivity index (χ1) is 9.95. The second-order valence-corrected chi connectivity index (χ2v) is 4.07. The number of rotatable bonds is 5. The fourth-order valence-corrected chi connectivity index (χ4v) is 1.57. The third-order valence-electron chi connectivity index (χ3n) is 2.29. The average molecular weight is 291 g/mol. The van der Waals surface area contributed by atoms with Crippen molar-refractivity contribution in [2.75, 3.05) is 6.61 Å². The second-order valence-electron chi connectivity index (χ2n) is 4.07. The molecule has 0 spiro atoms. The third-order valence-corrected chi connectivity index (χ3v) is 2.29. The van der Waals surface area contributed by atoms with Crippen molar-refractivity contribution in [3.8, 4) is 0 Å². The Kier molecular flexibility index (Phi) is 6.13. The Labute approximate surface area is 122 Å². The summed E-state index contributed by atoms with van der Waals surface area (Å²) < 4.78 is 9.98. The summed E-state index contributed by atoms with van der Waals surface area (Å²) in [6.45, 7) is 4.22. The first kappa shape index (κ1) is 16.4. The summed E-state index contributed by atoms with van der Waals surface area (Å²) in [4.78, 5) is 34.6. The normalized spacial score (nSPS) is 11.2. The Morgan fingerprint density at radius 3 is 2.19 bits per heavy atom. The molecule has 0 aliphatic carbocycles. The Morgan fingerprint density at radius 1 is 1.10 bits per heavy atom. The standard InChI is InChI=1S/C15H17NO5/c1-4-20-15(19)13(16-10(2)17)14(21-11(3)18)12-8-6-5-7-9-12/h5-9H,4H2,1-3H3,(H,16,17)/b14-13+. The molecule has 1 aromatic rings. The van der Waals surface area contributed by atoms with E-state index in [1.807, 2.05) is 0 Å². The van der Waals surface area contributed by atoms with Crippen molar-refractivity contribution in [3.05, 3.63) is 41.6 Å². The lowest BCUT2D eigenvalue weighted by atomic mass is 10.1. The number of nitrogens with one attached hydrogen (secondary N) is 1. The van der Waals surface area contributed by atoms with Crippen LogP contribution in [0.25, 0.3) is 5.76 Å². The van der Waals surface area contributed by atoms with E-state index in [1.54, 1.807) is 37.3 Å². The molecule has 0 bridgehead atoms. The molecule has 6 nitrogen and oxygen atoms in total. The molecule has 1 amide bonds. The number of carbonyl (C=O) groups excluding carboxylic acids is 3. The van der Waals surface area contributed by atoms with Crippen molar-refractivity contribution >= 4 is 23.6 Å². The molecule has 0 radical (unpaired) electrons. The van der Waals surface area contributed by atoms with Crippen LogP contribution in [0.1, 0.15) is 26.3 Å². The highest BCUT2D eigenvalue weighted by atomic mass is 16.5. The number of ether oxygens (including phenoxy) is 2. The summed E-state index contributed by atoms with van der Waals surface area (Å²) in [5, 5.41) is 2.36. The Hall–Kier alpha value is -2.63. The molecule has 0 saturated heterocycles. The van der Waals surface area contributed by atoms with Crippen LogP contribution < -0.4 is 5.32 Å². The summed E-state index contributed by atoms with van der Waals surface area (Å²) in [7, 11) is 0. The van der Waals surface area contributed by atoms with Crippen LogP contribution in [0.3, 0.4) is 0 Å². The minimum absolute atomic E-state index is 0.0447. The maximum absolute atomic E-state index is 12.0. The fourth-order valence-electron chi connectivity index (χ4n) is 1.57. The van der Waals surface area contributed by atoms with Gasteiger partial charge < -0.3 is 14.8 Å². The van der Waals surface area contributed by atoms with Gasteiger partial charge in [0.25, 0.3) is 0 Å². The third kappa shape index (κ3) is 5.10. The van der Waals surface area contributed by atoms with Crippen molar-refractivity contribution in [2.24, 2.45) is 0 Å². The summed E-state index contributed by atoms with van der Waals surface area (Å²) in [5.41, 5.74) is 0.273. The molecule has 112 valence electrons. The summed E-state index contributed by atoms with van der Waals surface area (Å²) in [5.74, 6) is -1.90. The minimum atomic E-state index is -0.771. The number of carbonyl (C=O) groups is 3. The number of hydrogen-bond donors (Lipinski definition) is 1. The van der Waals surface area contributed by atoms with Crippen LogP contribution in [0.4, 0.5) is 0 Å². The molecule has 0 heterocycles. The number of esters is 2. The van der Waals surface area contributed by atoms with Gasteiger partial charge in [0.15, 0.2) is 11.5 Å². The zero-order valence-corrected chi connectivity index (χ0v) is 12.1. The van der Waals surface area contributed by atoms with Gasteiger partial charge in [-0.05, 0) is 6.92 Å². The van der Waals surface area contributed by atoms with Crippen LogP contribution in [0.2, 0.25) is 0 Å². The number of hydrogen-bond acceptors (Lipinski definition) is 5. The van der Waals surface area contributed by atoms with Gasteiger partial charge in [0.1, 0.15) is 0 Å². The van der Waals surface area contributed by atoms with Crippen LogP contribution in [0.5, 0.6) is 0 Å². The van der Waals surface area contributed by atoms with Gasteiger partial charge in [0, 0.05) is 19.4 Å². The molecule has 0 unspecified atom stereocenters. The Balaban J connectivity index is 3.39. The van der Waals surface area contributed by atoms with Gasteiger partial charge in [-0.1, -0.05) is 30.3 Å². The lowest BCUT2D eigenvalue weighted by Gasteiger charge is -2.14. The topological polar surface area (TPSA) is 81.7 Å². The molecular formula is C15H17NO5. The molecule has 0 atom stereocenters. The zero-order valence-electron chi connectivity index (χ0n) is 12.1. The molecule has 0 aliphatic heterocycles. The van der Waals surface area contributed by atoms with E-state index in [9.17, 15) is 14.4 Å². The van der Waals surface area contributed by atoms with Gasteiger partial charge in [-0.15, -0.1) is 0 Å². The molecule has 6 heteroatoms. The van der Waals surface area contributed by atoms with Crippen LogP contribution >= 0.6 is 0 Å². The van der Waals surface area contributed by atoms with Crippen LogP contribution in [0, 0.1) is 0 Å². The predicted molar refractivity (Wildman–Crippen MR) is 75.6 cm³/mol. The van der Waals surface area contributed by atoms with E-state index in [0.717, 1.165) is 0 Å². The van der Waals surface area contributed by atoms with Crippen molar-refractivity contribution in [3.63, 3.8) is 0 Å². The van der Waals surface area contributed by atoms with Crippen LogP contribution in [0.15, 0.2) is 36.0 Å². The van der Waals surface area contributed by atoms with Crippen molar-refractivity contribution in [1.82, 2.24) is 5.32 Å². The quantitative estimate of drug-likeness (QED) is 0.506. The first-order valence-corrected chi connectivity index (χ1v) is 6.38. The smallest absolute Gasteiger partial charge is 0.358 e. The van der Waals surface area contributed by atoms with Crippen LogP contribution in [-0.4, -0.2) is 24.5 Å². The SMILES string of the molecule is CCOC(=O)/C(NC(C)=O)=C(\OC(C)=O)c1ccccc1. The maximum Gasteiger partial charge on any atom is 0.358 e. The molecule has 0 aromatic heterocycles. The fraction of sp³-hybridized carbons (Fsp3) is 0.267. The molecule has 1 rings (SSSR count).